The van der Waals surface area contributed by atoms with E-state index in [0.717, 1.165) is 0 Å². The number of phenols is 1. The summed E-state index contributed by atoms with van der Waals surface area (Å²) < 4.78 is 0. The number of hydrogen-bond acceptors (Lipinski definition) is 4. The number of nitrogens with one attached hydrogen (secondary N) is 1. The molecule has 0 aliphatic heterocycles. The Hall–Kier alpha value is -2.30. The van der Waals surface area contributed by atoms with Crippen LogP contribution in [0.3, 0.4) is 0 Å². The Labute approximate surface area is 91.0 Å². The van der Waals surface area contributed by atoms with Crippen molar-refractivity contribution in [2.45, 2.75) is 6.92 Å². The Morgan fingerprint density at radius 3 is 2.69 bits per heavy atom. The van der Waals surface area contributed by atoms with Crippen LogP contribution in [0.1, 0.15) is 5.56 Å². The minimum absolute atomic E-state index is 0.0696. The van der Waals surface area contributed by atoms with E-state index in [1.54, 1.807) is 12.1 Å². The third-order valence-electron chi connectivity index (χ3n) is 2.25. The van der Waals surface area contributed by atoms with E-state index in [0.29, 0.717) is 5.56 Å². The van der Waals surface area contributed by atoms with Gasteiger partial charge in [-0.3, -0.25) is 4.79 Å². The molecule has 0 aliphatic carbocycles. The van der Waals surface area contributed by atoms with Gasteiger partial charge in [0.05, 0.1) is 5.56 Å². The molecular formula is C11H10N2O3. The van der Waals surface area contributed by atoms with Crippen LogP contribution < -0.4 is 5.56 Å². The molecule has 1 aromatic carbocycles. The number of aromatic hydroxyl groups is 2. The van der Waals surface area contributed by atoms with Crippen molar-refractivity contribution in [2.24, 2.45) is 0 Å². The zero-order valence-corrected chi connectivity index (χ0v) is 8.56. The molecule has 0 saturated carbocycles. The molecule has 0 aliphatic rings. The number of H-pyrrole nitrogens is 1. The van der Waals surface area contributed by atoms with Crippen molar-refractivity contribution >= 4 is 0 Å². The van der Waals surface area contributed by atoms with Gasteiger partial charge in [0, 0.05) is 5.56 Å². The predicted octanol–water partition coefficient (Wildman–Crippen LogP) is 1.16. The van der Waals surface area contributed by atoms with Gasteiger partial charge < -0.3 is 15.2 Å². The first-order chi connectivity index (χ1) is 7.58. The molecule has 0 saturated heterocycles. The average molecular weight is 218 g/mol. The lowest BCUT2D eigenvalue weighted by Gasteiger charge is -2.03. The fraction of sp³-hybridized carbons (Fsp3) is 0.0909. The SMILES string of the molecule is Cc1c(O)nc(-c2cccc(O)c2)[nH]c1=O. The summed E-state index contributed by atoms with van der Waals surface area (Å²) in [6.07, 6.45) is 0. The third kappa shape index (κ3) is 1.75. The van der Waals surface area contributed by atoms with Crippen LogP contribution in [0.5, 0.6) is 11.6 Å². The molecule has 5 nitrogen and oxygen atoms in total. The highest BCUT2D eigenvalue weighted by Crippen LogP contribution is 2.20. The van der Waals surface area contributed by atoms with Crippen molar-refractivity contribution in [3.63, 3.8) is 0 Å². The topological polar surface area (TPSA) is 86.2 Å². The fourth-order valence-corrected chi connectivity index (χ4v) is 1.31. The van der Waals surface area contributed by atoms with Gasteiger partial charge in [-0.25, -0.2) is 0 Å². The molecule has 2 aromatic rings. The Morgan fingerprint density at radius 2 is 2.06 bits per heavy atom. The van der Waals surface area contributed by atoms with Crippen molar-refractivity contribution in [1.82, 2.24) is 9.97 Å². The quantitative estimate of drug-likeness (QED) is 0.670. The van der Waals surface area contributed by atoms with Crippen LogP contribution >= 0.6 is 0 Å². The lowest BCUT2D eigenvalue weighted by atomic mass is 10.2. The second-order valence-electron chi connectivity index (χ2n) is 3.41. The van der Waals surface area contributed by atoms with Crippen molar-refractivity contribution in [3.8, 4) is 23.0 Å². The van der Waals surface area contributed by atoms with Gasteiger partial charge in [0.25, 0.3) is 5.56 Å². The molecule has 0 bridgehead atoms. The molecule has 16 heavy (non-hydrogen) atoms. The number of aromatic amines is 1. The molecule has 0 radical (unpaired) electrons. The van der Waals surface area contributed by atoms with E-state index in [1.807, 2.05) is 0 Å². The van der Waals surface area contributed by atoms with E-state index in [-0.39, 0.29) is 23.0 Å². The highest BCUT2D eigenvalue weighted by Gasteiger charge is 2.07. The zero-order chi connectivity index (χ0) is 11.7. The summed E-state index contributed by atoms with van der Waals surface area (Å²) in [6.45, 7) is 1.48. The first-order valence-electron chi connectivity index (χ1n) is 4.67. The number of hydrogen-bond donors (Lipinski definition) is 3. The van der Waals surface area contributed by atoms with Crippen molar-refractivity contribution in [1.29, 1.82) is 0 Å². The molecule has 0 fully saturated rings. The highest BCUT2D eigenvalue weighted by atomic mass is 16.3. The van der Waals surface area contributed by atoms with Gasteiger partial charge in [-0.15, -0.1) is 0 Å². The molecule has 0 amide bonds. The maximum Gasteiger partial charge on any atom is 0.257 e. The Morgan fingerprint density at radius 1 is 1.31 bits per heavy atom. The van der Waals surface area contributed by atoms with Gasteiger partial charge >= 0.3 is 0 Å². The van der Waals surface area contributed by atoms with Gasteiger partial charge in [0.1, 0.15) is 11.6 Å². The molecule has 0 spiro atoms. The van der Waals surface area contributed by atoms with Crippen molar-refractivity contribution in [2.75, 3.05) is 0 Å². The first kappa shape index (κ1) is 10.2. The van der Waals surface area contributed by atoms with Crippen LogP contribution in [0.15, 0.2) is 29.1 Å². The number of aromatic nitrogens is 2. The van der Waals surface area contributed by atoms with Crippen LogP contribution in [0.25, 0.3) is 11.4 Å². The largest absolute Gasteiger partial charge is 0.508 e. The molecule has 0 unspecified atom stereocenters. The van der Waals surface area contributed by atoms with E-state index in [4.69, 9.17) is 0 Å². The standard InChI is InChI=1S/C11H10N2O3/c1-6-10(15)12-9(13-11(6)16)7-3-2-4-8(14)5-7/h2-5,14H,1H3,(H2,12,13,15,16). The number of nitrogens with zero attached hydrogens (tertiary/aromatic N) is 1. The third-order valence-corrected chi connectivity index (χ3v) is 2.25. The van der Waals surface area contributed by atoms with Gasteiger partial charge in [0.2, 0.25) is 5.88 Å². The van der Waals surface area contributed by atoms with Gasteiger partial charge in [-0.1, -0.05) is 12.1 Å². The summed E-state index contributed by atoms with van der Waals surface area (Å²) in [5.74, 6) is -0.00805. The number of phenolic OH excluding ortho intramolecular Hbond substituents is 1. The van der Waals surface area contributed by atoms with E-state index in [9.17, 15) is 15.0 Å². The molecule has 3 N–H and O–H groups in total. The lowest BCUT2D eigenvalue weighted by molar-refractivity contribution is 0.447. The van der Waals surface area contributed by atoms with Gasteiger partial charge in [-0.2, -0.15) is 4.98 Å². The minimum atomic E-state index is -0.397. The Bertz CT molecular complexity index is 590. The molecule has 2 rings (SSSR count). The van der Waals surface area contributed by atoms with Crippen LogP contribution in [-0.2, 0) is 0 Å². The fourth-order valence-electron chi connectivity index (χ4n) is 1.31. The van der Waals surface area contributed by atoms with Gasteiger partial charge in [-0.05, 0) is 19.1 Å². The Balaban J connectivity index is 2.61. The summed E-state index contributed by atoms with van der Waals surface area (Å²) in [4.78, 5) is 17.8. The summed E-state index contributed by atoms with van der Waals surface area (Å²) in [7, 11) is 0. The van der Waals surface area contributed by atoms with E-state index >= 15 is 0 Å². The van der Waals surface area contributed by atoms with Crippen molar-refractivity contribution in [3.05, 3.63) is 40.2 Å². The summed E-state index contributed by atoms with van der Waals surface area (Å²) in [6, 6.07) is 6.26. The average Bonchev–Trinajstić information content (AvgIpc) is 2.25. The molecule has 1 aromatic heterocycles. The summed E-state index contributed by atoms with van der Waals surface area (Å²) in [5.41, 5.74) is 0.308. The monoisotopic (exact) mass is 218 g/mol. The molecular weight excluding hydrogens is 208 g/mol. The van der Waals surface area contributed by atoms with E-state index in [2.05, 4.69) is 9.97 Å². The zero-order valence-electron chi connectivity index (χ0n) is 8.56. The molecule has 5 heteroatoms. The molecule has 0 atom stereocenters. The first-order valence-corrected chi connectivity index (χ1v) is 4.67. The second-order valence-corrected chi connectivity index (χ2v) is 3.41. The number of rotatable bonds is 1. The van der Waals surface area contributed by atoms with E-state index < -0.39 is 5.56 Å². The summed E-state index contributed by atoms with van der Waals surface area (Å²) >= 11 is 0. The lowest BCUT2D eigenvalue weighted by Crippen LogP contribution is -2.12. The van der Waals surface area contributed by atoms with Crippen LogP contribution in [-0.4, -0.2) is 20.2 Å². The van der Waals surface area contributed by atoms with Gasteiger partial charge in [0.15, 0.2) is 0 Å². The normalized spacial score (nSPS) is 10.3. The Kier molecular flexibility index (Phi) is 2.36. The van der Waals surface area contributed by atoms with Crippen molar-refractivity contribution < 1.29 is 10.2 Å². The molecule has 1 heterocycles. The molecule has 82 valence electrons. The minimum Gasteiger partial charge on any atom is -0.508 e. The van der Waals surface area contributed by atoms with Crippen LogP contribution in [0.2, 0.25) is 0 Å². The maximum atomic E-state index is 11.4. The second kappa shape index (κ2) is 3.69. The van der Waals surface area contributed by atoms with E-state index in [1.165, 1.54) is 19.1 Å². The highest BCUT2D eigenvalue weighted by molar-refractivity contribution is 5.57. The summed E-state index contributed by atoms with van der Waals surface area (Å²) in [5, 5.41) is 18.7. The smallest absolute Gasteiger partial charge is 0.257 e. The van der Waals surface area contributed by atoms with Crippen LogP contribution in [0.4, 0.5) is 0 Å². The predicted molar refractivity (Wildman–Crippen MR) is 58.4 cm³/mol. The maximum absolute atomic E-state index is 11.4. The number of benzene rings is 1. The van der Waals surface area contributed by atoms with Crippen LogP contribution in [0, 0.1) is 6.92 Å².